The van der Waals surface area contributed by atoms with E-state index in [1.165, 1.54) is 0 Å². The van der Waals surface area contributed by atoms with Gasteiger partial charge in [0, 0.05) is 37.7 Å². The van der Waals surface area contributed by atoms with Gasteiger partial charge in [0.2, 0.25) is 0 Å². The van der Waals surface area contributed by atoms with Crippen molar-refractivity contribution >= 4 is 0 Å². The topological polar surface area (TPSA) is 44.7 Å². The normalized spacial score (nSPS) is 24.6. The highest BCUT2D eigenvalue weighted by atomic mass is 16.5. The molecule has 1 fully saturated rings. The second-order valence-corrected chi connectivity index (χ2v) is 6.95. The van der Waals surface area contributed by atoms with Crippen LogP contribution in [0, 0.1) is 5.41 Å². The molecule has 2 N–H and O–H groups in total. The van der Waals surface area contributed by atoms with Gasteiger partial charge in [-0.1, -0.05) is 20.8 Å². The van der Waals surface area contributed by atoms with Crippen molar-refractivity contribution in [3.8, 4) is 0 Å². The fourth-order valence-corrected chi connectivity index (χ4v) is 2.69. The second-order valence-electron chi connectivity index (χ2n) is 6.95. The van der Waals surface area contributed by atoms with Gasteiger partial charge >= 0.3 is 0 Å². The molecule has 0 bridgehead atoms. The van der Waals surface area contributed by atoms with E-state index in [9.17, 15) is 5.11 Å². The van der Waals surface area contributed by atoms with E-state index in [0.717, 1.165) is 39.3 Å². The molecule has 4 heteroatoms. The summed E-state index contributed by atoms with van der Waals surface area (Å²) in [6.07, 6.45) is 1.11. The molecule has 0 amide bonds. The van der Waals surface area contributed by atoms with Crippen LogP contribution >= 0.6 is 0 Å². The Labute approximate surface area is 118 Å². The Morgan fingerprint density at radius 2 is 2.11 bits per heavy atom. The Balaban J connectivity index is 2.60. The standard InChI is InChI=1S/C15H32N2O2/c1-6-17(10-14(4,5)18)11-15(7-8-19-12-15)9-16-13(2)3/h13,16,18H,6-12H2,1-5H3. The van der Waals surface area contributed by atoms with Gasteiger partial charge in [-0.2, -0.15) is 0 Å². The molecule has 0 aromatic carbocycles. The Morgan fingerprint density at radius 3 is 2.53 bits per heavy atom. The van der Waals surface area contributed by atoms with E-state index in [0.29, 0.717) is 12.6 Å². The first-order chi connectivity index (χ1) is 8.76. The van der Waals surface area contributed by atoms with Crippen LogP contribution in [0.2, 0.25) is 0 Å². The number of nitrogens with zero attached hydrogens (tertiary/aromatic N) is 1. The van der Waals surface area contributed by atoms with Crippen LogP contribution in [0.25, 0.3) is 0 Å². The Bertz CT molecular complexity index is 255. The first kappa shape index (κ1) is 16.9. The van der Waals surface area contributed by atoms with Crippen LogP contribution in [0.5, 0.6) is 0 Å². The number of nitrogens with one attached hydrogen (secondary N) is 1. The van der Waals surface area contributed by atoms with E-state index < -0.39 is 5.60 Å². The third kappa shape index (κ3) is 6.21. The molecule has 114 valence electrons. The van der Waals surface area contributed by atoms with Crippen LogP contribution in [0.4, 0.5) is 0 Å². The second kappa shape index (κ2) is 7.02. The predicted molar refractivity (Wildman–Crippen MR) is 79.4 cm³/mol. The summed E-state index contributed by atoms with van der Waals surface area (Å²) >= 11 is 0. The van der Waals surface area contributed by atoms with Crippen molar-refractivity contribution in [2.75, 3.05) is 39.4 Å². The van der Waals surface area contributed by atoms with Crippen LogP contribution in [-0.4, -0.2) is 61.0 Å². The lowest BCUT2D eigenvalue weighted by atomic mass is 9.86. The number of hydrogen-bond acceptors (Lipinski definition) is 4. The maximum atomic E-state index is 10.0. The van der Waals surface area contributed by atoms with Crippen LogP contribution in [0.3, 0.4) is 0 Å². The molecular weight excluding hydrogens is 240 g/mol. The largest absolute Gasteiger partial charge is 0.389 e. The third-order valence-electron chi connectivity index (χ3n) is 3.69. The van der Waals surface area contributed by atoms with Gasteiger partial charge in [-0.3, -0.25) is 0 Å². The smallest absolute Gasteiger partial charge is 0.0718 e. The number of likely N-dealkylation sites (N-methyl/N-ethyl adjacent to an activating group) is 1. The number of ether oxygens (including phenoxy) is 1. The average Bonchev–Trinajstić information content (AvgIpc) is 2.73. The third-order valence-corrected chi connectivity index (χ3v) is 3.69. The van der Waals surface area contributed by atoms with Crippen molar-refractivity contribution in [2.24, 2.45) is 5.41 Å². The zero-order chi connectivity index (χ0) is 14.5. The summed E-state index contributed by atoms with van der Waals surface area (Å²) in [4.78, 5) is 2.34. The van der Waals surface area contributed by atoms with E-state index in [4.69, 9.17) is 4.74 Å². The highest BCUT2D eigenvalue weighted by Crippen LogP contribution is 2.29. The molecule has 4 nitrogen and oxygen atoms in total. The van der Waals surface area contributed by atoms with E-state index in [2.05, 4.69) is 31.0 Å². The van der Waals surface area contributed by atoms with Crippen molar-refractivity contribution in [3.05, 3.63) is 0 Å². The summed E-state index contributed by atoms with van der Waals surface area (Å²) in [5.74, 6) is 0. The molecule has 0 aliphatic carbocycles. The first-order valence-electron chi connectivity index (χ1n) is 7.52. The quantitative estimate of drug-likeness (QED) is 0.702. The van der Waals surface area contributed by atoms with Gasteiger partial charge in [-0.15, -0.1) is 0 Å². The van der Waals surface area contributed by atoms with Crippen molar-refractivity contribution in [1.29, 1.82) is 0 Å². The average molecular weight is 272 g/mol. The molecule has 1 aliphatic heterocycles. The molecular formula is C15H32N2O2. The molecule has 0 spiro atoms. The van der Waals surface area contributed by atoms with E-state index in [1.54, 1.807) is 0 Å². The summed E-state index contributed by atoms with van der Waals surface area (Å²) in [6.45, 7) is 15.6. The van der Waals surface area contributed by atoms with Gasteiger partial charge < -0.3 is 20.1 Å². The molecule has 0 saturated carbocycles. The summed E-state index contributed by atoms with van der Waals surface area (Å²) < 4.78 is 5.64. The molecule has 0 aromatic heterocycles. The molecule has 0 aromatic rings. The molecule has 1 rings (SSSR count). The molecule has 0 radical (unpaired) electrons. The number of hydrogen-bond donors (Lipinski definition) is 2. The molecule has 1 aliphatic rings. The van der Waals surface area contributed by atoms with E-state index in [1.807, 2.05) is 13.8 Å². The van der Waals surface area contributed by atoms with Crippen molar-refractivity contribution in [3.63, 3.8) is 0 Å². The fourth-order valence-electron chi connectivity index (χ4n) is 2.69. The lowest BCUT2D eigenvalue weighted by molar-refractivity contribution is 0.0188. The zero-order valence-electron chi connectivity index (χ0n) is 13.3. The minimum Gasteiger partial charge on any atom is -0.389 e. The van der Waals surface area contributed by atoms with Crippen LogP contribution < -0.4 is 5.32 Å². The van der Waals surface area contributed by atoms with Gasteiger partial charge in [0.1, 0.15) is 0 Å². The Morgan fingerprint density at radius 1 is 1.42 bits per heavy atom. The van der Waals surface area contributed by atoms with Crippen LogP contribution in [0.15, 0.2) is 0 Å². The van der Waals surface area contributed by atoms with Gasteiger partial charge in [0.15, 0.2) is 0 Å². The SMILES string of the molecule is CCN(CC(C)(C)O)CC1(CNC(C)C)CCOC1. The van der Waals surface area contributed by atoms with E-state index in [-0.39, 0.29) is 5.41 Å². The minimum atomic E-state index is -0.637. The van der Waals surface area contributed by atoms with Crippen molar-refractivity contribution in [2.45, 2.75) is 52.7 Å². The van der Waals surface area contributed by atoms with Gasteiger partial charge in [0.05, 0.1) is 12.2 Å². The first-order valence-corrected chi connectivity index (χ1v) is 7.52. The lowest BCUT2D eigenvalue weighted by Gasteiger charge is -2.37. The lowest BCUT2D eigenvalue weighted by Crippen LogP contribution is -2.49. The number of rotatable bonds is 8. The maximum absolute atomic E-state index is 10.0. The summed E-state index contributed by atoms with van der Waals surface area (Å²) in [5.41, 5.74) is -0.437. The predicted octanol–water partition coefficient (Wildman–Crippen LogP) is 1.48. The fraction of sp³-hybridized carbons (Fsp3) is 1.00. The maximum Gasteiger partial charge on any atom is 0.0718 e. The zero-order valence-corrected chi connectivity index (χ0v) is 13.3. The van der Waals surface area contributed by atoms with Crippen LogP contribution in [-0.2, 0) is 4.74 Å². The van der Waals surface area contributed by atoms with Crippen LogP contribution in [0.1, 0.15) is 41.0 Å². The molecule has 1 heterocycles. The molecule has 1 unspecified atom stereocenters. The highest BCUT2D eigenvalue weighted by Gasteiger charge is 2.37. The van der Waals surface area contributed by atoms with Gasteiger partial charge in [-0.05, 0) is 26.8 Å². The Hall–Kier alpha value is -0.160. The minimum absolute atomic E-state index is 0.200. The summed E-state index contributed by atoms with van der Waals surface area (Å²) in [5, 5.41) is 13.6. The monoisotopic (exact) mass is 272 g/mol. The Kier molecular flexibility index (Phi) is 6.24. The summed E-state index contributed by atoms with van der Waals surface area (Å²) in [6, 6.07) is 0.502. The number of aliphatic hydroxyl groups is 1. The highest BCUT2D eigenvalue weighted by molar-refractivity contribution is 4.90. The van der Waals surface area contributed by atoms with E-state index >= 15 is 0 Å². The van der Waals surface area contributed by atoms with Gasteiger partial charge in [-0.25, -0.2) is 0 Å². The molecule has 1 saturated heterocycles. The summed E-state index contributed by atoms with van der Waals surface area (Å²) in [7, 11) is 0. The van der Waals surface area contributed by atoms with Crippen molar-refractivity contribution < 1.29 is 9.84 Å². The van der Waals surface area contributed by atoms with Gasteiger partial charge in [0.25, 0.3) is 0 Å². The van der Waals surface area contributed by atoms with Crippen molar-refractivity contribution in [1.82, 2.24) is 10.2 Å². The molecule has 1 atom stereocenters. The molecule has 19 heavy (non-hydrogen) atoms.